The number of carbonyl (C=O) groups excluding carboxylic acids is 1. The minimum absolute atomic E-state index is 0.0169. The van der Waals surface area contributed by atoms with Crippen LogP contribution in [0.2, 0.25) is 0 Å². The van der Waals surface area contributed by atoms with Gasteiger partial charge in [0.25, 0.3) is 5.56 Å². The van der Waals surface area contributed by atoms with Crippen molar-refractivity contribution in [3.8, 4) is 0 Å². The molecule has 0 spiro atoms. The van der Waals surface area contributed by atoms with E-state index in [4.69, 9.17) is 0 Å². The molecule has 0 aliphatic heterocycles. The molecule has 1 amide bonds. The molecule has 152 valence electrons. The first-order chi connectivity index (χ1) is 14.4. The van der Waals surface area contributed by atoms with Crippen molar-refractivity contribution in [3.63, 3.8) is 0 Å². The van der Waals surface area contributed by atoms with Crippen LogP contribution in [0.5, 0.6) is 0 Å². The second-order valence-corrected chi connectivity index (χ2v) is 7.45. The molecule has 0 bridgehead atoms. The number of nitrogens with one attached hydrogen (secondary N) is 1. The molecule has 0 saturated carbocycles. The molecule has 30 heavy (non-hydrogen) atoms. The first-order valence-corrected chi connectivity index (χ1v) is 9.95. The number of anilines is 1. The smallest absolute Gasteiger partial charge is 0.322 e. The lowest BCUT2D eigenvalue weighted by atomic mass is 10.1. The molecule has 0 saturated heterocycles. The molecule has 2 aromatic carbocycles. The second kappa shape index (κ2) is 8.03. The summed E-state index contributed by atoms with van der Waals surface area (Å²) in [6.45, 7) is 1.62. The van der Waals surface area contributed by atoms with E-state index in [-0.39, 0.29) is 29.8 Å². The normalized spacial score (nSPS) is 11.0. The van der Waals surface area contributed by atoms with Gasteiger partial charge in [-0.1, -0.05) is 42.0 Å². The van der Waals surface area contributed by atoms with Crippen LogP contribution in [0.3, 0.4) is 0 Å². The van der Waals surface area contributed by atoms with Crippen molar-refractivity contribution >= 4 is 34.2 Å². The molecule has 4 aromatic rings. The number of fused-ring (bicyclic) bond motifs is 1. The maximum Gasteiger partial charge on any atom is 0.332 e. The maximum atomic E-state index is 13.8. The van der Waals surface area contributed by atoms with E-state index >= 15 is 0 Å². The molecule has 0 aliphatic rings. The summed E-state index contributed by atoms with van der Waals surface area (Å²) in [5.74, 6) is -1.17. The van der Waals surface area contributed by atoms with Crippen LogP contribution in [0.4, 0.5) is 10.1 Å². The minimum atomic E-state index is -0.628. The highest BCUT2D eigenvalue weighted by molar-refractivity contribution is 7.04. The van der Waals surface area contributed by atoms with E-state index in [1.165, 1.54) is 22.8 Å². The van der Waals surface area contributed by atoms with Crippen LogP contribution < -0.4 is 16.6 Å². The summed E-state index contributed by atoms with van der Waals surface area (Å²) in [6, 6.07) is 13.2. The number of amides is 1. The van der Waals surface area contributed by atoms with Gasteiger partial charge >= 0.3 is 5.69 Å². The summed E-state index contributed by atoms with van der Waals surface area (Å²) >= 11 is 1.03. The van der Waals surface area contributed by atoms with Crippen molar-refractivity contribution in [2.45, 2.75) is 20.0 Å². The average Bonchev–Trinajstić information content (AvgIpc) is 3.22. The summed E-state index contributed by atoms with van der Waals surface area (Å²) in [6.07, 6.45) is 0. The predicted molar refractivity (Wildman–Crippen MR) is 113 cm³/mol. The van der Waals surface area contributed by atoms with E-state index in [1.807, 2.05) is 31.2 Å². The highest BCUT2D eigenvalue weighted by atomic mass is 32.1. The molecule has 0 atom stereocenters. The zero-order valence-electron chi connectivity index (χ0n) is 16.0. The van der Waals surface area contributed by atoms with Crippen LogP contribution in [0.15, 0.2) is 63.5 Å². The zero-order chi connectivity index (χ0) is 21.3. The largest absolute Gasteiger partial charge is 0.332 e. The topological polar surface area (TPSA) is 86.0 Å². The lowest BCUT2D eigenvalue weighted by molar-refractivity contribution is -0.116. The molecule has 0 radical (unpaired) electrons. The molecule has 0 fully saturated rings. The first kappa shape index (κ1) is 19.7. The number of nitrogens with zero attached hydrogens (tertiary/aromatic N) is 3. The van der Waals surface area contributed by atoms with Crippen molar-refractivity contribution in [1.82, 2.24) is 13.5 Å². The SMILES string of the molecule is Cc1ccc(Cn2c(=O)c3nscc3n(CC(=O)Nc3ccccc3F)c2=O)cc1. The Bertz CT molecular complexity index is 1360. The third-order valence-electron chi connectivity index (χ3n) is 4.66. The van der Waals surface area contributed by atoms with Gasteiger partial charge in [0, 0.05) is 5.38 Å². The Hall–Kier alpha value is -3.59. The van der Waals surface area contributed by atoms with Crippen molar-refractivity contribution in [2.75, 3.05) is 5.32 Å². The van der Waals surface area contributed by atoms with Crippen molar-refractivity contribution in [3.05, 3.63) is 91.7 Å². The number of hydrogen-bond acceptors (Lipinski definition) is 5. The monoisotopic (exact) mass is 424 g/mol. The lowest BCUT2D eigenvalue weighted by Gasteiger charge is -2.12. The van der Waals surface area contributed by atoms with Gasteiger partial charge in [-0.25, -0.2) is 9.18 Å². The van der Waals surface area contributed by atoms with Gasteiger partial charge < -0.3 is 5.32 Å². The number of rotatable bonds is 5. The molecule has 2 aromatic heterocycles. The molecule has 0 unspecified atom stereocenters. The molecular formula is C21H17FN4O3S. The summed E-state index contributed by atoms with van der Waals surface area (Å²) in [5, 5.41) is 4.00. The van der Waals surface area contributed by atoms with E-state index in [0.29, 0.717) is 0 Å². The number of carbonyl (C=O) groups is 1. The van der Waals surface area contributed by atoms with E-state index in [9.17, 15) is 18.8 Å². The Morgan fingerprint density at radius 3 is 2.57 bits per heavy atom. The van der Waals surface area contributed by atoms with Gasteiger partial charge in [-0.15, -0.1) is 0 Å². The Balaban J connectivity index is 1.72. The third kappa shape index (κ3) is 3.79. The van der Waals surface area contributed by atoms with E-state index < -0.39 is 23.0 Å². The molecule has 1 N–H and O–H groups in total. The quantitative estimate of drug-likeness (QED) is 0.534. The van der Waals surface area contributed by atoms with E-state index in [1.54, 1.807) is 11.4 Å². The fourth-order valence-electron chi connectivity index (χ4n) is 3.10. The molecular weight excluding hydrogens is 407 g/mol. The number of aromatic nitrogens is 3. The average molecular weight is 424 g/mol. The molecule has 4 rings (SSSR count). The van der Waals surface area contributed by atoms with E-state index in [0.717, 1.165) is 27.2 Å². The first-order valence-electron chi connectivity index (χ1n) is 9.11. The van der Waals surface area contributed by atoms with Crippen LogP contribution >= 0.6 is 11.5 Å². The highest BCUT2D eigenvalue weighted by Gasteiger charge is 2.18. The summed E-state index contributed by atoms with van der Waals surface area (Å²) < 4.78 is 20.2. The van der Waals surface area contributed by atoms with Crippen molar-refractivity contribution in [2.24, 2.45) is 0 Å². The fraction of sp³-hybridized carbons (Fsp3) is 0.143. The minimum Gasteiger partial charge on any atom is -0.322 e. The van der Waals surface area contributed by atoms with Gasteiger partial charge in [0.2, 0.25) is 5.91 Å². The van der Waals surface area contributed by atoms with Gasteiger partial charge in [0.05, 0.1) is 17.7 Å². The van der Waals surface area contributed by atoms with Crippen LogP contribution in [-0.4, -0.2) is 19.4 Å². The zero-order valence-corrected chi connectivity index (χ0v) is 16.8. The van der Waals surface area contributed by atoms with E-state index in [2.05, 4.69) is 9.69 Å². The summed E-state index contributed by atoms with van der Waals surface area (Å²) in [5.41, 5.74) is 1.10. The van der Waals surface area contributed by atoms with Crippen LogP contribution in [0.25, 0.3) is 11.0 Å². The number of para-hydroxylation sites is 1. The summed E-state index contributed by atoms with van der Waals surface area (Å²) in [7, 11) is 0. The van der Waals surface area contributed by atoms with Gasteiger partial charge in [-0.2, -0.15) is 4.37 Å². The maximum absolute atomic E-state index is 13.8. The highest BCUT2D eigenvalue weighted by Crippen LogP contribution is 2.14. The Kier molecular flexibility index (Phi) is 5.28. The van der Waals surface area contributed by atoms with Crippen LogP contribution in [0, 0.1) is 12.7 Å². The number of benzene rings is 2. The molecule has 9 heteroatoms. The van der Waals surface area contributed by atoms with Gasteiger partial charge in [-0.3, -0.25) is 18.7 Å². The van der Waals surface area contributed by atoms with Gasteiger partial charge in [-0.05, 0) is 36.2 Å². The van der Waals surface area contributed by atoms with Crippen LogP contribution in [0.1, 0.15) is 11.1 Å². The predicted octanol–water partition coefficient (Wildman–Crippen LogP) is 2.75. The molecule has 2 heterocycles. The molecule has 7 nitrogen and oxygen atoms in total. The fourth-order valence-corrected chi connectivity index (χ4v) is 3.77. The second-order valence-electron chi connectivity index (χ2n) is 6.82. The number of halogens is 1. The third-order valence-corrected chi connectivity index (χ3v) is 5.28. The molecule has 0 aliphatic carbocycles. The number of aryl methyl sites for hydroxylation is 1. The summed E-state index contributed by atoms with van der Waals surface area (Å²) in [4.78, 5) is 38.4. The Labute approximate surface area is 174 Å². The van der Waals surface area contributed by atoms with Crippen molar-refractivity contribution in [1.29, 1.82) is 0 Å². The number of hydrogen-bond donors (Lipinski definition) is 1. The van der Waals surface area contributed by atoms with Gasteiger partial charge in [0.15, 0.2) is 5.52 Å². The van der Waals surface area contributed by atoms with Gasteiger partial charge in [0.1, 0.15) is 12.4 Å². The lowest BCUT2D eigenvalue weighted by Crippen LogP contribution is -2.41. The van der Waals surface area contributed by atoms with Crippen LogP contribution in [-0.2, 0) is 17.9 Å². The Morgan fingerprint density at radius 1 is 1.10 bits per heavy atom. The van der Waals surface area contributed by atoms with Crippen molar-refractivity contribution < 1.29 is 9.18 Å². The Morgan fingerprint density at radius 2 is 1.83 bits per heavy atom. The standard InChI is InChI=1S/C21H17FN4O3S/c1-13-6-8-14(9-7-13)10-26-20(28)19-17(12-30-24-19)25(21(26)29)11-18(27)23-16-5-3-2-4-15(16)22/h2-9,12H,10-11H2,1H3,(H,23,27).